The van der Waals surface area contributed by atoms with Gasteiger partial charge in [0.1, 0.15) is 28.9 Å². The van der Waals surface area contributed by atoms with Gasteiger partial charge >= 0.3 is 0 Å². The van der Waals surface area contributed by atoms with Gasteiger partial charge in [0.2, 0.25) is 0 Å². The van der Waals surface area contributed by atoms with Crippen LogP contribution in [0.25, 0.3) is 27.8 Å². The Kier molecular flexibility index (Phi) is 4.99. The highest BCUT2D eigenvalue weighted by Crippen LogP contribution is 2.31. The van der Waals surface area contributed by atoms with E-state index in [9.17, 15) is 9.18 Å². The first-order valence-corrected chi connectivity index (χ1v) is 10.3. The van der Waals surface area contributed by atoms with E-state index in [2.05, 4.69) is 30.2 Å². The largest absolute Gasteiger partial charge is 0.358 e. The molecular formula is C21H14Cl2FN7O. The van der Waals surface area contributed by atoms with E-state index in [0.29, 0.717) is 28.5 Å². The number of halogens is 3. The number of hydrogen-bond donors (Lipinski definition) is 2. The number of anilines is 1. The van der Waals surface area contributed by atoms with Crippen molar-refractivity contribution in [1.82, 2.24) is 29.5 Å². The lowest BCUT2D eigenvalue weighted by Gasteiger charge is -2.21. The molecule has 0 radical (unpaired) electrons. The molecule has 0 saturated heterocycles. The third-order valence-electron chi connectivity index (χ3n) is 5.01. The van der Waals surface area contributed by atoms with E-state index in [1.807, 2.05) is 0 Å². The number of H-pyrrole nitrogens is 1. The molecule has 160 valence electrons. The molecule has 2 aromatic carbocycles. The molecule has 0 spiro atoms. The fourth-order valence-corrected chi connectivity index (χ4v) is 3.92. The summed E-state index contributed by atoms with van der Waals surface area (Å²) in [4.78, 5) is 33.5. The summed E-state index contributed by atoms with van der Waals surface area (Å²) in [6, 6.07) is 8.63. The SMILES string of the molecule is C[C@H](Nc1ncnc2nc[nH]c12)c1nc2cccc(F)c2c(=O)n1-c1cccc(Cl)c1Cl. The average molecular weight is 470 g/mol. The van der Waals surface area contributed by atoms with Gasteiger partial charge in [0, 0.05) is 0 Å². The second kappa shape index (κ2) is 7.85. The van der Waals surface area contributed by atoms with Crippen LogP contribution in [-0.4, -0.2) is 29.5 Å². The lowest BCUT2D eigenvalue weighted by molar-refractivity contribution is 0.635. The van der Waals surface area contributed by atoms with Gasteiger partial charge in [-0.05, 0) is 31.2 Å². The molecule has 0 aliphatic rings. The summed E-state index contributed by atoms with van der Waals surface area (Å²) in [5.74, 6) is 0.0925. The van der Waals surface area contributed by atoms with Crippen LogP contribution in [0.4, 0.5) is 10.2 Å². The Balaban J connectivity index is 1.75. The first kappa shape index (κ1) is 20.3. The molecule has 5 rings (SSSR count). The predicted molar refractivity (Wildman–Crippen MR) is 121 cm³/mol. The molecular weight excluding hydrogens is 456 g/mol. The predicted octanol–water partition coefficient (Wildman–Crippen LogP) is 4.67. The quantitative estimate of drug-likeness (QED) is 0.396. The number of rotatable bonds is 4. The molecule has 0 aliphatic carbocycles. The average Bonchev–Trinajstić information content (AvgIpc) is 3.26. The summed E-state index contributed by atoms with van der Waals surface area (Å²) >= 11 is 12.6. The molecule has 32 heavy (non-hydrogen) atoms. The normalized spacial score (nSPS) is 12.4. The Bertz CT molecular complexity index is 1550. The minimum Gasteiger partial charge on any atom is -0.358 e. The zero-order valence-electron chi connectivity index (χ0n) is 16.5. The molecule has 0 aliphatic heterocycles. The topological polar surface area (TPSA) is 101 Å². The maximum Gasteiger partial charge on any atom is 0.269 e. The Hall–Kier alpha value is -3.56. The number of aromatic amines is 1. The highest BCUT2D eigenvalue weighted by Gasteiger charge is 2.22. The second-order valence-corrected chi connectivity index (χ2v) is 7.79. The smallest absolute Gasteiger partial charge is 0.269 e. The zero-order valence-corrected chi connectivity index (χ0v) is 18.0. The summed E-state index contributed by atoms with van der Waals surface area (Å²) in [7, 11) is 0. The Labute approximate surface area is 190 Å². The van der Waals surface area contributed by atoms with Gasteiger partial charge in [0.15, 0.2) is 11.5 Å². The molecule has 8 nitrogen and oxygen atoms in total. The first-order chi connectivity index (χ1) is 15.5. The molecule has 3 aromatic heterocycles. The molecule has 1 atom stereocenters. The van der Waals surface area contributed by atoms with Crippen LogP contribution in [0.3, 0.4) is 0 Å². The van der Waals surface area contributed by atoms with E-state index >= 15 is 0 Å². The van der Waals surface area contributed by atoms with E-state index in [4.69, 9.17) is 23.2 Å². The monoisotopic (exact) mass is 469 g/mol. The number of hydrogen-bond acceptors (Lipinski definition) is 6. The number of nitrogens with one attached hydrogen (secondary N) is 2. The summed E-state index contributed by atoms with van der Waals surface area (Å²) in [5.41, 5.74) is 0.997. The van der Waals surface area contributed by atoms with Gasteiger partial charge in [-0.1, -0.05) is 35.3 Å². The number of fused-ring (bicyclic) bond motifs is 2. The molecule has 0 unspecified atom stereocenters. The minimum absolute atomic E-state index is 0.141. The van der Waals surface area contributed by atoms with Crippen LogP contribution in [0.15, 0.2) is 53.8 Å². The van der Waals surface area contributed by atoms with E-state index in [1.54, 1.807) is 31.2 Å². The van der Waals surface area contributed by atoms with Gasteiger partial charge in [-0.3, -0.25) is 9.36 Å². The van der Waals surface area contributed by atoms with Crippen molar-refractivity contribution in [3.8, 4) is 5.69 Å². The van der Waals surface area contributed by atoms with Crippen molar-refractivity contribution in [2.45, 2.75) is 13.0 Å². The summed E-state index contributed by atoms with van der Waals surface area (Å²) in [6.45, 7) is 1.80. The van der Waals surface area contributed by atoms with Gasteiger partial charge in [0.25, 0.3) is 5.56 Å². The van der Waals surface area contributed by atoms with E-state index in [0.717, 1.165) is 0 Å². The van der Waals surface area contributed by atoms with Crippen LogP contribution >= 0.6 is 23.2 Å². The lowest BCUT2D eigenvalue weighted by atomic mass is 10.2. The first-order valence-electron chi connectivity index (χ1n) is 9.52. The maximum absolute atomic E-state index is 14.6. The molecule has 0 saturated carbocycles. The fourth-order valence-electron chi connectivity index (χ4n) is 3.54. The summed E-state index contributed by atoms with van der Waals surface area (Å²) in [6.07, 6.45) is 2.89. The molecule has 11 heteroatoms. The zero-order chi connectivity index (χ0) is 22.4. The summed E-state index contributed by atoms with van der Waals surface area (Å²) in [5, 5.41) is 3.49. The van der Waals surface area contributed by atoms with Crippen LogP contribution < -0.4 is 10.9 Å². The Morgan fingerprint density at radius 2 is 1.94 bits per heavy atom. The standard InChI is InChI=1S/C21H14Cl2FN7O/c1-10(29-19-17-18(26-8-25-17)27-9-28-19)20-30-13-6-3-5-12(24)15(13)21(32)31(20)14-7-2-4-11(22)16(14)23/h2-10H,1H3,(H2,25,26,27,28,29)/t10-/m0/s1. The van der Waals surface area contributed by atoms with Crippen molar-refractivity contribution in [3.63, 3.8) is 0 Å². The number of imidazole rings is 1. The van der Waals surface area contributed by atoms with Gasteiger partial charge in [-0.2, -0.15) is 0 Å². The molecule has 0 amide bonds. The van der Waals surface area contributed by atoms with Gasteiger partial charge < -0.3 is 10.3 Å². The highest BCUT2D eigenvalue weighted by atomic mass is 35.5. The van der Waals surface area contributed by atoms with Crippen molar-refractivity contribution in [2.75, 3.05) is 5.32 Å². The minimum atomic E-state index is -0.672. The van der Waals surface area contributed by atoms with Crippen molar-refractivity contribution in [2.24, 2.45) is 0 Å². The van der Waals surface area contributed by atoms with E-state index in [-0.39, 0.29) is 20.9 Å². The summed E-state index contributed by atoms with van der Waals surface area (Å²) < 4.78 is 15.9. The maximum atomic E-state index is 14.6. The molecule has 0 fully saturated rings. The van der Waals surface area contributed by atoms with Crippen molar-refractivity contribution in [1.29, 1.82) is 0 Å². The molecule has 5 aromatic rings. The van der Waals surface area contributed by atoms with Gasteiger partial charge in [0.05, 0.1) is 33.6 Å². The highest BCUT2D eigenvalue weighted by molar-refractivity contribution is 6.43. The van der Waals surface area contributed by atoms with Crippen LogP contribution in [0.5, 0.6) is 0 Å². The number of nitrogens with zero attached hydrogens (tertiary/aromatic N) is 5. The van der Waals surface area contributed by atoms with E-state index in [1.165, 1.54) is 29.4 Å². The van der Waals surface area contributed by atoms with Crippen molar-refractivity contribution < 1.29 is 4.39 Å². The van der Waals surface area contributed by atoms with Crippen LogP contribution in [0, 0.1) is 5.82 Å². The van der Waals surface area contributed by atoms with E-state index < -0.39 is 17.4 Å². The van der Waals surface area contributed by atoms with Gasteiger partial charge in [-0.25, -0.2) is 24.3 Å². The number of benzene rings is 2. The van der Waals surface area contributed by atoms with Crippen molar-refractivity contribution >= 4 is 51.1 Å². The third-order valence-corrected chi connectivity index (χ3v) is 5.82. The Morgan fingerprint density at radius 1 is 1.12 bits per heavy atom. The van der Waals surface area contributed by atoms with Crippen LogP contribution in [-0.2, 0) is 0 Å². The Morgan fingerprint density at radius 3 is 2.78 bits per heavy atom. The molecule has 2 N–H and O–H groups in total. The molecule has 0 bridgehead atoms. The van der Waals surface area contributed by atoms with Crippen LogP contribution in [0.1, 0.15) is 18.8 Å². The van der Waals surface area contributed by atoms with Crippen LogP contribution in [0.2, 0.25) is 10.0 Å². The fraction of sp³-hybridized carbons (Fsp3) is 0.0952. The third kappa shape index (κ3) is 3.26. The second-order valence-electron chi connectivity index (χ2n) is 7.01. The molecule has 3 heterocycles. The lowest BCUT2D eigenvalue weighted by Crippen LogP contribution is -2.28. The number of aromatic nitrogens is 6. The van der Waals surface area contributed by atoms with Crippen molar-refractivity contribution in [3.05, 3.63) is 81.1 Å². The van der Waals surface area contributed by atoms with Gasteiger partial charge in [-0.15, -0.1) is 0 Å².